The summed E-state index contributed by atoms with van der Waals surface area (Å²) >= 11 is 0. The first-order chi connectivity index (χ1) is 55.9. The van der Waals surface area contributed by atoms with Crippen molar-refractivity contribution < 1.29 is 0 Å². The normalized spacial score (nSPS) is 13.1. The number of aryl methyl sites for hydroxylation is 1. The Morgan fingerprint density at radius 2 is 0.681 bits per heavy atom. The highest BCUT2D eigenvalue weighted by atomic mass is 15.6. The van der Waals surface area contributed by atoms with Crippen LogP contribution in [0.15, 0.2) is 379 Å². The van der Waals surface area contributed by atoms with Crippen LogP contribution in [0.25, 0.3) is 102 Å². The van der Waals surface area contributed by atoms with Crippen LogP contribution in [-0.2, 0) is 0 Å². The molecule has 19 aromatic rings. The Morgan fingerprint density at radius 3 is 1.14 bits per heavy atom. The van der Waals surface area contributed by atoms with Gasteiger partial charge in [0.1, 0.15) is 34.2 Å². The maximum atomic E-state index is 4.86. The van der Waals surface area contributed by atoms with Crippen molar-refractivity contribution in [2.24, 2.45) is 20.2 Å². The highest BCUT2D eigenvalue weighted by Gasteiger charge is 2.31. The molecule has 21 rings (SSSR count). The number of benzene rings is 11. The number of hydrogen-bond donors (Lipinski definition) is 0. The fraction of sp³-hybridized carbons (Fsp3) is 0.0108. The molecule has 10 heterocycles. The zero-order valence-corrected chi connectivity index (χ0v) is 60.7. The van der Waals surface area contributed by atoms with E-state index in [2.05, 4.69) is 161 Å². The third-order valence-electron chi connectivity index (χ3n) is 18.6. The topological polar surface area (TPSA) is 223 Å². The Bertz CT molecular complexity index is 6610. The van der Waals surface area contributed by atoms with Crippen LogP contribution >= 0.6 is 0 Å². The number of pyridine rings is 2. The molecule has 20 nitrogen and oxygen atoms in total. The van der Waals surface area contributed by atoms with Crippen LogP contribution < -0.4 is 10.4 Å². The Hall–Kier alpha value is -16.0. The quantitative estimate of drug-likeness (QED) is 0.111. The van der Waals surface area contributed by atoms with E-state index in [0.717, 1.165) is 112 Å². The number of aliphatic imine (C=N–C) groups is 2. The molecule has 0 spiro atoms. The van der Waals surface area contributed by atoms with E-state index >= 15 is 0 Å². The van der Waals surface area contributed by atoms with Crippen LogP contribution in [0.5, 0.6) is 0 Å². The lowest BCUT2D eigenvalue weighted by atomic mass is 10.0. The number of nitrogens with zero attached hydrogens (tertiary/aromatic N) is 20. The Balaban J connectivity index is 0.000000105. The van der Waals surface area contributed by atoms with E-state index in [1.807, 2.05) is 243 Å². The Labute approximate surface area is 647 Å². The summed E-state index contributed by atoms with van der Waals surface area (Å²) in [6.07, 6.45) is 11.2. The van der Waals surface area contributed by atoms with Gasteiger partial charge in [-0.05, 0) is 89.5 Å². The Morgan fingerprint density at radius 1 is 0.301 bits per heavy atom. The summed E-state index contributed by atoms with van der Waals surface area (Å²) in [4.78, 5) is 40.0. The second-order valence-electron chi connectivity index (χ2n) is 26.3. The van der Waals surface area contributed by atoms with Gasteiger partial charge in [0.15, 0.2) is 34.6 Å². The van der Waals surface area contributed by atoms with Gasteiger partial charge in [0.25, 0.3) is 0 Å². The molecule has 0 amide bonds. The second kappa shape index (κ2) is 31.5. The lowest BCUT2D eigenvalue weighted by molar-refractivity contribution is 0.748. The lowest BCUT2D eigenvalue weighted by Crippen LogP contribution is -2.13. The average molecular weight is 1460 g/mol. The van der Waals surface area contributed by atoms with Gasteiger partial charge in [-0.15, -0.1) is 59.6 Å². The van der Waals surface area contributed by atoms with Gasteiger partial charge in [-0.25, -0.2) is 29.9 Å². The predicted molar refractivity (Wildman–Crippen MR) is 445 cm³/mol. The fourth-order valence-electron chi connectivity index (χ4n) is 13.1. The minimum Gasteiger partial charge on any atom is -0.264 e. The molecule has 0 N–H and O–H groups in total. The molecule has 0 atom stereocenters. The van der Waals surface area contributed by atoms with Gasteiger partial charge in [-0.1, -0.05) is 291 Å². The van der Waals surface area contributed by atoms with E-state index in [1.54, 1.807) is 43.6 Å². The average Bonchev–Trinajstić information content (AvgIpc) is 1.63. The van der Waals surface area contributed by atoms with Gasteiger partial charge in [-0.3, -0.25) is 9.97 Å². The molecule has 0 saturated carbocycles. The van der Waals surface area contributed by atoms with Crippen molar-refractivity contribution in [1.29, 1.82) is 0 Å². The van der Waals surface area contributed by atoms with Crippen LogP contribution in [0.3, 0.4) is 0 Å². The smallest absolute Gasteiger partial charge is 0.204 e. The van der Waals surface area contributed by atoms with Crippen molar-refractivity contribution in [3.05, 3.63) is 408 Å². The summed E-state index contributed by atoms with van der Waals surface area (Å²) in [5.74, 6) is 3.76. The Kier molecular flexibility index (Phi) is 19.2. The van der Waals surface area contributed by atoms with Crippen LogP contribution in [0, 0.1) is 6.92 Å². The second-order valence-corrected chi connectivity index (χ2v) is 26.3. The third kappa shape index (κ3) is 14.9. The van der Waals surface area contributed by atoms with Gasteiger partial charge in [0.05, 0.1) is 11.4 Å². The number of para-hydroxylation sites is 2. The maximum absolute atomic E-state index is 4.86. The molecule has 0 bridgehead atoms. The summed E-state index contributed by atoms with van der Waals surface area (Å²) < 4.78 is 3.30. The van der Waals surface area contributed by atoms with Gasteiger partial charge >= 0.3 is 0 Å². The summed E-state index contributed by atoms with van der Waals surface area (Å²) in [7, 11) is 0. The first-order valence-corrected chi connectivity index (χ1v) is 36.6. The molecule has 0 saturated heterocycles. The van der Waals surface area contributed by atoms with Crippen LogP contribution in [0.1, 0.15) is 39.5 Å². The van der Waals surface area contributed by atoms with Gasteiger partial charge < -0.3 is 0 Å². The molecule has 11 aromatic carbocycles. The van der Waals surface area contributed by atoms with E-state index in [-0.39, 0.29) is 0 Å². The summed E-state index contributed by atoms with van der Waals surface area (Å²) in [6, 6.07) is 111. The number of hydrogen-bond acceptors (Lipinski definition) is 16. The minimum atomic E-state index is 0.578. The van der Waals surface area contributed by atoms with E-state index in [4.69, 9.17) is 30.2 Å². The van der Waals surface area contributed by atoms with Gasteiger partial charge in [0, 0.05) is 79.7 Å². The molecule has 2 aliphatic heterocycles. The SMILES string of the molecule is C(/c1cccc2ccccc12)=c1\c(-c2ccccc2)nn2nc(-c3ccccc3)nc12.Cc1ccc(-c2nc3/c(=C\c4ccccc4)c(-c4ccccc4)nn3n2)cc1.c1ccc(N=C2C(c3ccccc3)=Nn3nc(-c4cccnc4)nc32)cc1.c1ccc(N=C2C(c3ccccc3)=Nn3nc(-c4cccnc4)nc32)cc1. The highest BCUT2D eigenvalue weighted by Crippen LogP contribution is 2.29. The van der Waals surface area contributed by atoms with Crippen LogP contribution in [0.4, 0.5) is 11.4 Å². The predicted octanol–water partition coefficient (Wildman–Crippen LogP) is 16.9. The van der Waals surface area contributed by atoms with E-state index < -0.39 is 0 Å². The molecule has 0 aliphatic carbocycles. The third-order valence-corrected chi connectivity index (χ3v) is 18.6. The first-order valence-electron chi connectivity index (χ1n) is 36.6. The van der Waals surface area contributed by atoms with E-state index in [1.165, 1.54) is 16.3 Å². The summed E-state index contributed by atoms with van der Waals surface area (Å²) in [5, 5.41) is 41.6. The highest BCUT2D eigenvalue weighted by molar-refractivity contribution is 6.55. The standard InChI is InChI=1S/C27H18N4.C24H18N4.2C21H14N6/c1-3-11-20(12-4-1)25-24(18-22-16-9-15-19-10-7-8-17-23(19)22)27-28-26(30-31(27)29-25)21-13-5-2-6-14-21;1-17-12-14-20(15-13-17)23-25-24-21(16-18-8-4-2-5-9-18)22(26-28(24)27-23)19-10-6-3-7-11-19;2*1-3-8-15(9-4-1)18-19(23-17-11-5-2-6-12-17)21-24-20(26-27(21)25-18)16-10-7-13-22-14-16/h1-18H;2-16H,1H3;2*1-14H/b24-18-;21-16-;;. The zero-order valence-electron chi connectivity index (χ0n) is 60.7. The van der Waals surface area contributed by atoms with Crippen molar-refractivity contribution in [1.82, 2.24) is 79.3 Å². The molecule has 0 unspecified atom stereocenters. The van der Waals surface area contributed by atoms with Gasteiger partial charge in [-0.2, -0.15) is 0 Å². The minimum absolute atomic E-state index is 0.578. The van der Waals surface area contributed by atoms with Crippen molar-refractivity contribution in [3.63, 3.8) is 0 Å². The number of rotatable bonds is 12. The number of fused-ring (bicyclic) bond motifs is 5. The maximum Gasteiger partial charge on any atom is 0.204 e. The van der Waals surface area contributed by atoms with Crippen LogP contribution in [0.2, 0.25) is 0 Å². The van der Waals surface area contributed by atoms with Crippen LogP contribution in [-0.4, -0.2) is 102 Å². The fourth-order valence-corrected chi connectivity index (χ4v) is 13.1. The van der Waals surface area contributed by atoms with Crippen molar-refractivity contribution in [3.8, 4) is 68.1 Å². The molecule has 8 aromatic heterocycles. The van der Waals surface area contributed by atoms with Crippen molar-refractivity contribution in [2.45, 2.75) is 6.92 Å². The molecule has 20 heteroatoms. The van der Waals surface area contributed by atoms with E-state index in [9.17, 15) is 0 Å². The molecule has 0 fully saturated rings. The molecular weight excluding hydrogens is 1400 g/mol. The largest absolute Gasteiger partial charge is 0.264 e. The van der Waals surface area contributed by atoms with Crippen molar-refractivity contribution in [2.75, 3.05) is 0 Å². The summed E-state index contributed by atoms with van der Waals surface area (Å²) in [6.45, 7) is 2.07. The zero-order chi connectivity index (χ0) is 75.7. The van der Waals surface area contributed by atoms with Crippen molar-refractivity contribution >= 4 is 68.4 Å². The summed E-state index contributed by atoms with van der Waals surface area (Å²) in [5.41, 5.74) is 19.0. The van der Waals surface area contributed by atoms with Gasteiger partial charge in [0.2, 0.25) is 11.6 Å². The van der Waals surface area contributed by atoms with E-state index in [0.29, 0.717) is 46.4 Å². The molecular formula is C93H64N20. The molecule has 536 valence electrons. The lowest BCUT2D eigenvalue weighted by Gasteiger charge is -2.02. The first kappa shape index (κ1) is 68.8. The molecule has 2 aliphatic rings. The number of aromatic nitrogens is 16. The molecule has 0 radical (unpaired) electrons. The molecule has 113 heavy (non-hydrogen) atoms. The monoisotopic (exact) mass is 1460 g/mol.